The number of ether oxygens (including phenoxy) is 1. The minimum absolute atomic E-state index is 0.0303. The van der Waals surface area contributed by atoms with Gasteiger partial charge >= 0.3 is 5.97 Å². The van der Waals surface area contributed by atoms with Crippen LogP contribution in [0.2, 0.25) is 0 Å². The fraction of sp³-hybridized carbons (Fsp3) is 0.208. The van der Waals surface area contributed by atoms with Crippen LogP contribution in [-0.2, 0) is 16.1 Å². The Labute approximate surface area is 175 Å². The maximum atomic E-state index is 10.8. The highest BCUT2D eigenvalue weighted by molar-refractivity contribution is 6.00. The molecule has 0 unspecified atom stereocenters. The molecule has 3 aromatic rings. The third kappa shape index (κ3) is 6.17. The third-order valence-electron chi connectivity index (χ3n) is 4.42. The molecule has 154 valence electrons. The number of aliphatic carboxylic acids is 1. The van der Waals surface area contributed by atoms with Gasteiger partial charge in [-0.05, 0) is 46.9 Å². The Kier molecular flexibility index (Phi) is 7.55. The molecule has 3 rings (SSSR count). The number of nitrogens with zero attached hydrogens (tertiary/aromatic N) is 2. The monoisotopic (exact) mass is 404 g/mol. The van der Waals surface area contributed by atoms with Gasteiger partial charge < -0.3 is 14.7 Å². The molecular formula is C24H24N2O4. The van der Waals surface area contributed by atoms with Crippen LogP contribution >= 0.6 is 0 Å². The lowest BCUT2D eigenvalue weighted by Gasteiger charge is -2.08. The third-order valence-corrected chi connectivity index (χ3v) is 4.42. The van der Waals surface area contributed by atoms with Crippen LogP contribution in [0.15, 0.2) is 78.2 Å². The maximum absolute atomic E-state index is 10.8. The fourth-order valence-electron chi connectivity index (χ4n) is 2.95. The van der Waals surface area contributed by atoms with E-state index < -0.39 is 5.97 Å². The van der Waals surface area contributed by atoms with Crippen LogP contribution < -0.4 is 4.74 Å². The molecule has 0 saturated carbocycles. The van der Waals surface area contributed by atoms with Crippen molar-refractivity contribution in [2.75, 3.05) is 13.2 Å². The van der Waals surface area contributed by atoms with Crippen molar-refractivity contribution in [3.63, 3.8) is 0 Å². The van der Waals surface area contributed by atoms with Gasteiger partial charge in [0, 0.05) is 12.4 Å². The van der Waals surface area contributed by atoms with Crippen LogP contribution in [0.4, 0.5) is 0 Å². The number of hydrogen-bond acceptors (Lipinski definition) is 5. The zero-order chi connectivity index (χ0) is 21.2. The van der Waals surface area contributed by atoms with Gasteiger partial charge in [-0.15, -0.1) is 0 Å². The van der Waals surface area contributed by atoms with Crippen LogP contribution in [0.1, 0.15) is 24.5 Å². The second-order valence-electron chi connectivity index (χ2n) is 6.61. The number of rotatable bonds is 10. The van der Waals surface area contributed by atoms with E-state index >= 15 is 0 Å². The number of carboxylic acid groups (broad SMARTS) is 1. The van der Waals surface area contributed by atoms with E-state index in [9.17, 15) is 4.79 Å². The van der Waals surface area contributed by atoms with Gasteiger partial charge in [0.25, 0.3) is 0 Å². The summed E-state index contributed by atoms with van der Waals surface area (Å²) in [5, 5.41) is 13.1. The van der Waals surface area contributed by atoms with Crippen LogP contribution in [0.25, 0.3) is 11.1 Å². The number of carbonyl (C=O) groups is 1. The van der Waals surface area contributed by atoms with Gasteiger partial charge in [-0.25, -0.2) is 0 Å². The predicted octanol–water partition coefficient (Wildman–Crippen LogP) is 4.59. The fourth-order valence-corrected chi connectivity index (χ4v) is 2.95. The molecule has 0 bridgehead atoms. The molecule has 6 heteroatoms. The number of pyridine rings is 1. The summed E-state index contributed by atoms with van der Waals surface area (Å²) in [5.41, 5.74) is 4.73. The van der Waals surface area contributed by atoms with Crippen molar-refractivity contribution in [3.8, 4) is 16.9 Å². The summed E-state index contributed by atoms with van der Waals surface area (Å²) in [6.07, 6.45) is 4.31. The summed E-state index contributed by atoms with van der Waals surface area (Å²) in [7, 11) is 0. The van der Waals surface area contributed by atoms with Crippen LogP contribution in [0.5, 0.6) is 5.75 Å². The molecule has 2 aromatic carbocycles. The van der Waals surface area contributed by atoms with Crippen LogP contribution in [-0.4, -0.2) is 35.0 Å². The van der Waals surface area contributed by atoms with Gasteiger partial charge in [0.2, 0.25) is 0 Å². The Bertz CT molecular complexity index is 986. The first-order valence-corrected chi connectivity index (χ1v) is 9.79. The van der Waals surface area contributed by atoms with E-state index in [0.29, 0.717) is 24.5 Å². The summed E-state index contributed by atoms with van der Waals surface area (Å²) >= 11 is 0. The van der Waals surface area contributed by atoms with Crippen molar-refractivity contribution < 1.29 is 19.5 Å². The van der Waals surface area contributed by atoms with Gasteiger partial charge in [-0.1, -0.05) is 54.5 Å². The molecule has 0 radical (unpaired) electrons. The molecule has 1 aromatic heterocycles. The average Bonchev–Trinajstić information content (AvgIpc) is 2.77. The summed E-state index contributed by atoms with van der Waals surface area (Å²) in [6, 6.07) is 19.1. The molecule has 30 heavy (non-hydrogen) atoms. The number of benzene rings is 2. The van der Waals surface area contributed by atoms with E-state index in [-0.39, 0.29) is 6.42 Å². The first-order valence-electron chi connectivity index (χ1n) is 9.79. The first kappa shape index (κ1) is 21.0. The second kappa shape index (κ2) is 10.8. The van der Waals surface area contributed by atoms with E-state index in [1.165, 1.54) is 0 Å². The molecule has 0 fully saturated rings. The number of oxime groups is 1. The van der Waals surface area contributed by atoms with Crippen molar-refractivity contribution in [2.45, 2.75) is 19.8 Å². The van der Waals surface area contributed by atoms with Crippen LogP contribution in [0, 0.1) is 0 Å². The number of carboxylic acids is 1. The van der Waals surface area contributed by atoms with Gasteiger partial charge in [0.1, 0.15) is 12.4 Å². The summed E-state index contributed by atoms with van der Waals surface area (Å²) < 4.78 is 5.62. The van der Waals surface area contributed by atoms with E-state index in [2.05, 4.69) is 10.1 Å². The highest BCUT2D eigenvalue weighted by Crippen LogP contribution is 2.19. The Balaban J connectivity index is 1.52. The van der Waals surface area contributed by atoms with Gasteiger partial charge in [0.15, 0.2) is 6.61 Å². The van der Waals surface area contributed by atoms with E-state index in [4.69, 9.17) is 14.7 Å². The Morgan fingerprint density at radius 3 is 2.57 bits per heavy atom. The number of hydrogen-bond donors (Lipinski definition) is 1. The van der Waals surface area contributed by atoms with Gasteiger partial charge in [0.05, 0.1) is 12.1 Å². The number of aromatic nitrogens is 1. The smallest absolute Gasteiger partial charge is 0.307 e. The van der Waals surface area contributed by atoms with Crippen molar-refractivity contribution in [1.29, 1.82) is 0 Å². The molecule has 0 spiro atoms. The van der Waals surface area contributed by atoms with Crippen molar-refractivity contribution >= 4 is 11.7 Å². The highest BCUT2D eigenvalue weighted by Gasteiger charge is 2.05. The summed E-state index contributed by atoms with van der Waals surface area (Å²) in [4.78, 5) is 20.4. The predicted molar refractivity (Wildman–Crippen MR) is 116 cm³/mol. The lowest BCUT2D eigenvalue weighted by atomic mass is 10.0. The summed E-state index contributed by atoms with van der Waals surface area (Å²) in [5.74, 6) is -0.256. The lowest BCUT2D eigenvalue weighted by molar-refractivity contribution is -0.136. The average molecular weight is 404 g/mol. The van der Waals surface area contributed by atoms with Gasteiger partial charge in [-0.3, -0.25) is 9.78 Å². The zero-order valence-corrected chi connectivity index (χ0v) is 16.8. The topological polar surface area (TPSA) is 81.0 Å². The molecule has 6 nitrogen and oxygen atoms in total. The molecule has 0 aliphatic rings. The Hall–Kier alpha value is -3.67. The molecular weight excluding hydrogens is 380 g/mol. The van der Waals surface area contributed by atoms with Crippen molar-refractivity contribution in [1.82, 2.24) is 4.98 Å². The SMILES string of the molecule is CCC(=NOCCOc1cccc(CC(=O)O)c1)c1ccc(-c2cccnc2)cc1. The molecule has 1 heterocycles. The molecule has 0 aliphatic carbocycles. The molecule has 0 aliphatic heterocycles. The molecule has 0 amide bonds. The Morgan fingerprint density at radius 1 is 1.03 bits per heavy atom. The molecule has 1 N–H and O–H groups in total. The highest BCUT2D eigenvalue weighted by atomic mass is 16.6. The Morgan fingerprint density at radius 2 is 1.87 bits per heavy atom. The minimum atomic E-state index is -0.870. The maximum Gasteiger partial charge on any atom is 0.307 e. The van der Waals surface area contributed by atoms with E-state index in [1.807, 2.05) is 49.5 Å². The molecule has 0 saturated heterocycles. The quantitative estimate of drug-likeness (QED) is 0.304. The summed E-state index contributed by atoms with van der Waals surface area (Å²) in [6.45, 7) is 2.64. The first-order chi connectivity index (χ1) is 14.7. The normalized spacial score (nSPS) is 11.2. The van der Waals surface area contributed by atoms with Crippen molar-refractivity contribution in [2.24, 2.45) is 5.16 Å². The zero-order valence-electron chi connectivity index (χ0n) is 16.8. The largest absolute Gasteiger partial charge is 0.490 e. The second-order valence-corrected chi connectivity index (χ2v) is 6.61. The van der Waals surface area contributed by atoms with E-state index in [0.717, 1.165) is 28.8 Å². The van der Waals surface area contributed by atoms with E-state index in [1.54, 1.807) is 30.5 Å². The van der Waals surface area contributed by atoms with Crippen molar-refractivity contribution in [3.05, 3.63) is 84.2 Å². The lowest BCUT2D eigenvalue weighted by Crippen LogP contribution is -2.07. The molecule has 0 atom stereocenters. The van der Waals surface area contributed by atoms with Gasteiger partial charge in [-0.2, -0.15) is 0 Å². The minimum Gasteiger partial charge on any atom is -0.490 e. The standard InChI is InChI=1S/C24H24N2O4/c1-2-23(20-10-8-19(9-11-20)21-6-4-12-25-17-21)26-30-14-13-29-22-7-3-5-18(15-22)16-24(27)28/h3-12,15,17H,2,13-14,16H2,1H3,(H,27,28). The van der Waals surface area contributed by atoms with Crippen LogP contribution in [0.3, 0.4) is 0 Å².